The summed E-state index contributed by atoms with van der Waals surface area (Å²) in [6.45, 7) is 2.26. The maximum Gasteiger partial charge on any atom is 3.00 e. The second-order valence-electron chi connectivity index (χ2n) is 5.36. The Hall–Kier alpha value is -0.0105. The molecule has 0 heterocycles. The molecule has 3 heteroatoms. The van der Waals surface area contributed by atoms with Crippen LogP contribution < -0.4 is 5.11 Å². The molecule has 19 heavy (non-hydrogen) atoms. The molecule has 0 aromatic rings. The van der Waals surface area contributed by atoms with Crippen molar-refractivity contribution in [2.24, 2.45) is 0 Å². The maximum absolute atomic E-state index is 10.2. The third-order valence-corrected chi connectivity index (χ3v) is 3.48. The third kappa shape index (κ3) is 20.5. The molecule has 0 aliphatic carbocycles. The van der Waals surface area contributed by atoms with Crippen molar-refractivity contribution in [3.8, 4) is 0 Å². The minimum atomic E-state index is -0.905. The van der Waals surface area contributed by atoms with E-state index in [1.54, 1.807) is 0 Å². The number of unbranched alkanes of at least 4 members (excludes halogenated alkanes) is 12. The second-order valence-corrected chi connectivity index (χ2v) is 5.36. The van der Waals surface area contributed by atoms with E-state index in [0.717, 1.165) is 12.8 Å². The van der Waals surface area contributed by atoms with Crippen molar-refractivity contribution in [2.45, 2.75) is 96.8 Å². The largest absolute Gasteiger partial charge is 3.00 e. The summed E-state index contributed by atoms with van der Waals surface area (Å²) in [7, 11) is 0. The van der Waals surface area contributed by atoms with Crippen LogP contribution in [0.15, 0.2) is 0 Å². The van der Waals surface area contributed by atoms with Gasteiger partial charge in [0.05, 0.1) is 0 Å². The summed E-state index contributed by atoms with van der Waals surface area (Å²) in [5.74, 6) is -0.905. The van der Waals surface area contributed by atoms with Crippen LogP contribution in [0.25, 0.3) is 0 Å². The van der Waals surface area contributed by atoms with E-state index in [-0.39, 0.29) is 23.5 Å². The van der Waals surface area contributed by atoms with Crippen molar-refractivity contribution < 1.29 is 27.0 Å². The molecule has 113 valence electrons. The molecule has 0 aromatic heterocycles. The Morgan fingerprint density at radius 2 is 1.00 bits per heavy atom. The van der Waals surface area contributed by atoms with Crippen LogP contribution in [0.4, 0.5) is 0 Å². The predicted molar refractivity (Wildman–Crippen MR) is 75.3 cm³/mol. The fourth-order valence-corrected chi connectivity index (χ4v) is 2.29. The van der Waals surface area contributed by atoms with Crippen LogP contribution in [0.3, 0.4) is 0 Å². The Morgan fingerprint density at radius 3 is 1.32 bits per heavy atom. The van der Waals surface area contributed by atoms with Gasteiger partial charge in [-0.25, -0.2) is 0 Å². The summed E-state index contributed by atoms with van der Waals surface area (Å²) >= 11 is 0. The fraction of sp³-hybridized carbons (Fsp3) is 0.938. The SMILES string of the molecule is CCCCCCCCCCCCCCCC(=O)[O-].[Fe+3]. The molecule has 2 nitrogen and oxygen atoms in total. The van der Waals surface area contributed by atoms with Gasteiger partial charge in [0.2, 0.25) is 0 Å². The van der Waals surface area contributed by atoms with Crippen molar-refractivity contribution in [1.82, 2.24) is 0 Å². The number of carboxylic acid groups (broad SMARTS) is 1. The molecule has 0 aliphatic rings. The van der Waals surface area contributed by atoms with E-state index in [1.165, 1.54) is 70.6 Å². The standard InChI is InChI=1S/C16H32O2.Fe/c1-2-3-4-5-6-7-8-9-10-11-12-13-14-15-16(17)18;/h2-15H2,1H3,(H,17,18);/q;+3/p-1. The van der Waals surface area contributed by atoms with Gasteiger partial charge in [0, 0.05) is 5.97 Å². The van der Waals surface area contributed by atoms with Crippen LogP contribution in [0, 0.1) is 0 Å². The summed E-state index contributed by atoms with van der Waals surface area (Å²) in [5, 5.41) is 10.2. The molecule has 0 bridgehead atoms. The Balaban J connectivity index is 0. The molecule has 0 atom stereocenters. The first-order chi connectivity index (χ1) is 8.77. The number of carboxylic acids is 1. The van der Waals surface area contributed by atoms with Crippen LogP contribution in [-0.2, 0) is 21.9 Å². The number of hydrogen-bond donors (Lipinski definition) is 0. The molecule has 0 unspecified atom stereocenters. The topological polar surface area (TPSA) is 40.1 Å². The van der Waals surface area contributed by atoms with Gasteiger partial charge in [-0.05, 0) is 12.8 Å². The molecule has 0 aromatic carbocycles. The van der Waals surface area contributed by atoms with Gasteiger partial charge in [-0.3, -0.25) is 0 Å². The van der Waals surface area contributed by atoms with Crippen LogP contribution in [0.2, 0.25) is 0 Å². The molecule has 0 N–H and O–H groups in total. The Bertz CT molecular complexity index is 184. The number of aliphatic carboxylic acids is 1. The van der Waals surface area contributed by atoms with Crippen molar-refractivity contribution in [1.29, 1.82) is 0 Å². The van der Waals surface area contributed by atoms with Crippen molar-refractivity contribution in [3.05, 3.63) is 0 Å². The van der Waals surface area contributed by atoms with Gasteiger partial charge < -0.3 is 9.90 Å². The summed E-state index contributed by atoms with van der Waals surface area (Å²) in [6, 6.07) is 0. The molecule has 0 spiro atoms. The summed E-state index contributed by atoms with van der Waals surface area (Å²) in [6.07, 6.45) is 16.9. The molecule has 0 saturated heterocycles. The summed E-state index contributed by atoms with van der Waals surface area (Å²) in [4.78, 5) is 10.2. The Kier molecular flexibility index (Phi) is 20.2. The first-order valence-electron chi connectivity index (χ1n) is 7.97. The minimum Gasteiger partial charge on any atom is -0.550 e. The van der Waals surface area contributed by atoms with E-state index in [0.29, 0.717) is 0 Å². The smallest absolute Gasteiger partial charge is 0.550 e. The van der Waals surface area contributed by atoms with Crippen molar-refractivity contribution in [3.63, 3.8) is 0 Å². The average Bonchev–Trinajstić information content (AvgIpc) is 2.34. The van der Waals surface area contributed by atoms with E-state index >= 15 is 0 Å². The summed E-state index contributed by atoms with van der Waals surface area (Å²) < 4.78 is 0. The van der Waals surface area contributed by atoms with Gasteiger partial charge in [-0.15, -0.1) is 0 Å². The first-order valence-corrected chi connectivity index (χ1v) is 7.97. The monoisotopic (exact) mass is 311 g/mol. The number of carbonyl (C=O) groups is 1. The van der Waals surface area contributed by atoms with E-state index in [1.807, 2.05) is 0 Å². The Labute approximate surface area is 130 Å². The normalized spacial score (nSPS) is 10.2. The van der Waals surface area contributed by atoms with Gasteiger partial charge >= 0.3 is 17.1 Å². The molecule has 0 rings (SSSR count). The van der Waals surface area contributed by atoms with E-state index in [9.17, 15) is 9.90 Å². The third-order valence-electron chi connectivity index (χ3n) is 3.48. The Morgan fingerprint density at radius 1 is 0.684 bits per heavy atom. The van der Waals surface area contributed by atoms with Gasteiger partial charge in [0.25, 0.3) is 0 Å². The predicted octanol–water partition coefficient (Wildman–Crippen LogP) is 4.22. The zero-order chi connectivity index (χ0) is 13.5. The minimum absolute atomic E-state index is 0. The zero-order valence-electron chi connectivity index (χ0n) is 12.6. The number of hydrogen-bond acceptors (Lipinski definition) is 2. The van der Waals surface area contributed by atoms with Gasteiger partial charge in [0.15, 0.2) is 0 Å². The number of rotatable bonds is 14. The first kappa shape index (κ1) is 21.3. The molecule has 1 radical (unpaired) electrons. The van der Waals surface area contributed by atoms with Gasteiger partial charge in [-0.2, -0.15) is 0 Å². The zero-order valence-corrected chi connectivity index (χ0v) is 13.7. The van der Waals surface area contributed by atoms with Crippen LogP contribution in [0.5, 0.6) is 0 Å². The molecular weight excluding hydrogens is 280 g/mol. The van der Waals surface area contributed by atoms with Gasteiger partial charge in [0.1, 0.15) is 0 Å². The van der Waals surface area contributed by atoms with Crippen molar-refractivity contribution >= 4 is 5.97 Å². The van der Waals surface area contributed by atoms with Crippen LogP contribution >= 0.6 is 0 Å². The van der Waals surface area contributed by atoms with E-state index in [4.69, 9.17) is 0 Å². The van der Waals surface area contributed by atoms with Crippen LogP contribution in [0.1, 0.15) is 96.8 Å². The molecule has 0 saturated carbocycles. The molecule has 0 amide bonds. The fourth-order valence-electron chi connectivity index (χ4n) is 2.29. The van der Waals surface area contributed by atoms with E-state index in [2.05, 4.69) is 6.92 Å². The van der Waals surface area contributed by atoms with E-state index < -0.39 is 5.97 Å². The van der Waals surface area contributed by atoms with Crippen molar-refractivity contribution in [2.75, 3.05) is 0 Å². The molecular formula is C16H31FeO2+2. The van der Waals surface area contributed by atoms with Crippen LogP contribution in [-0.4, -0.2) is 5.97 Å². The number of carbonyl (C=O) groups excluding carboxylic acids is 1. The molecule has 0 fully saturated rings. The summed E-state index contributed by atoms with van der Waals surface area (Å²) in [5.41, 5.74) is 0. The maximum atomic E-state index is 10.2. The quantitative estimate of drug-likeness (QED) is 0.356. The average molecular weight is 311 g/mol. The van der Waals surface area contributed by atoms with Gasteiger partial charge in [-0.1, -0.05) is 84.0 Å². The molecule has 0 aliphatic heterocycles. The second kappa shape index (κ2) is 18.0.